The molecule has 1 aromatic carbocycles. The lowest BCUT2D eigenvalue weighted by Gasteiger charge is -2.10. The second-order valence-electron chi connectivity index (χ2n) is 4.39. The van der Waals surface area contributed by atoms with Gasteiger partial charge in [-0.15, -0.1) is 11.6 Å². The molecule has 3 rings (SSSR count). The van der Waals surface area contributed by atoms with E-state index in [9.17, 15) is 0 Å². The van der Waals surface area contributed by atoms with Gasteiger partial charge in [-0.3, -0.25) is 4.57 Å². The van der Waals surface area contributed by atoms with Crippen molar-refractivity contribution in [3.63, 3.8) is 0 Å². The van der Waals surface area contributed by atoms with Crippen molar-refractivity contribution in [2.24, 2.45) is 0 Å². The summed E-state index contributed by atoms with van der Waals surface area (Å²) in [4.78, 5) is 8.94. The predicted octanol–water partition coefficient (Wildman–Crippen LogP) is 4.98. The third-order valence-corrected chi connectivity index (χ3v) is 4.05. The molecular weight excluding hydrogens is 408 g/mol. The van der Waals surface area contributed by atoms with Crippen LogP contribution in [0.1, 0.15) is 18.1 Å². The third-order valence-electron chi connectivity index (χ3n) is 2.93. The van der Waals surface area contributed by atoms with Crippen LogP contribution >= 0.6 is 45.8 Å². The van der Waals surface area contributed by atoms with Crippen LogP contribution in [-0.4, -0.2) is 14.5 Å². The van der Waals surface area contributed by atoms with Crippen LogP contribution in [0.2, 0.25) is 5.02 Å². The summed E-state index contributed by atoms with van der Waals surface area (Å²) in [6, 6.07) is 9.94. The molecule has 0 N–H and O–H groups in total. The van der Waals surface area contributed by atoms with Crippen LogP contribution in [0.3, 0.4) is 0 Å². The van der Waals surface area contributed by atoms with Crippen LogP contribution in [-0.2, 0) is 0 Å². The van der Waals surface area contributed by atoms with Crippen molar-refractivity contribution < 1.29 is 0 Å². The van der Waals surface area contributed by atoms with Crippen molar-refractivity contribution in [1.82, 2.24) is 14.5 Å². The monoisotopic (exact) mass is 417 g/mol. The van der Waals surface area contributed by atoms with Crippen LogP contribution < -0.4 is 0 Å². The molecule has 2 heterocycles. The number of hydrogen-bond donors (Lipinski definition) is 0. The fraction of sp³-hybridized carbons (Fsp3) is 0.143. The molecule has 3 nitrogen and oxygen atoms in total. The Morgan fingerprint density at radius 1 is 1.25 bits per heavy atom. The SMILES string of the molecule is CC(Cl)c1nc2cc(Cl)cnc2n1-c1ccc(I)cc1. The summed E-state index contributed by atoms with van der Waals surface area (Å²) in [6.45, 7) is 1.90. The minimum atomic E-state index is -0.220. The molecule has 0 amide bonds. The maximum atomic E-state index is 6.26. The zero-order valence-corrected chi connectivity index (χ0v) is 14.2. The molecule has 102 valence electrons. The number of imidazole rings is 1. The Morgan fingerprint density at radius 2 is 1.95 bits per heavy atom. The Morgan fingerprint density at radius 3 is 2.60 bits per heavy atom. The van der Waals surface area contributed by atoms with Crippen molar-refractivity contribution in [3.8, 4) is 5.69 Å². The average Bonchev–Trinajstić information content (AvgIpc) is 2.78. The van der Waals surface area contributed by atoms with E-state index in [2.05, 4.69) is 32.6 Å². The van der Waals surface area contributed by atoms with Crippen molar-refractivity contribution in [2.45, 2.75) is 12.3 Å². The molecule has 0 aliphatic carbocycles. The molecular formula is C14H10Cl2IN3. The highest BCUT2D eigenvalue weighted by Crippen LogP contribution is 2.28. The molecule has 0 aliphatic rings. The quantitative estimate of drug-likeness (QED) is 0.435. The molecule has 0 saturated heterocycles. The lowest BCUT2D eigenvalue weighted by molar-refractivity contribution is 0.877. The van der Waals surface area contributed by atoms with Gasteiger partial charge in [-0.1, -0.05) is 11.6 Å². The average molecular weight is 418 g/mol. The summed E-state index contributed by atoms with van der Waals surface area (Å²) in [5.74, 6) is 0.762. The summed E-state index contributed by atoms with van der Waals surface area (Å²) in [6.07, 6.45) is 1.62. The molecule has 0 saturated carbocycles. The highest BCUT2D eigenvalue weighted by atomic mass is 127. The topological polar surface area (TPSA) is 30.7 Å². The van der Waals surface area contributed by atoms with Gasteiger partial charge in [0, 0.05) is 15.5 Å². The minimum Gasteiger partial charge on any atom is -0.279 e. The van der Waals surface area contributed by atoms with Crippen LogP contribution in [0, 0.1) is 3.57 Å². The van der Waals surface area contributed by atoms with E-state index in [1.165, 1.54) is 3.57 Å². The smallest absolute Gasteiger partial charge is 0.164 e. The Labute approximate surface area is 140 Å². The van der Waals surface area contributed by atoms with E-state index in [1.54, 1.807) is 12.3 Å². The second-order valence-corrected chi connectivity index (χ2v) is 6.73. The normalized spacial score (nSPS) is 12.8. The Balaban J connectivity index is 2.31. The lowest BCUT2D eigenvalue weighted by atomic mass is 10.3. The minimum absolute atomic E-state index is 0.220. The molecule has 20 heavy (non-hydrogen) atoms. The highest BCUT2D eigenvalue weighted by Gasteiger charge is 2.17. The number of rotatable bonds is 2. The largest absolute Gasteiger partial charge is 0.279 e. The number of halogens is 3. The molecule has 0 aliphatic heterocycles. The first-order chi connectivity index (χ1) is 9.56. The maximum Gasteiger partial charge on any atom is 0.164 e. The number of pyridine rings is 1. The molecule has 3 aromatic rings. The first-order valence-electron chi connectivity index (χ1n) is 6.00. The van der Waals surface area contributed by atoms with E-state index < -0.39 is 0 Å². The molecule has 1 atom stereocenters. The van der Waals surface area contributed by atoms with E-state index in [4.69, 9.17) is 23.2 Å². The number of benzene rings is 1. The van der Waals surface area contributed by atoms with Gasteiger partial charge in [0.15, 0.2) is 5.65 Å². The summed E-state index contributed by atoms with van der Waals surface area (Å²) in [5.41, 5.74) is 2.50. The second kappa shape index (κ2) is 5.50. The van der Waals surface area contributed by atoms with Crippen LogP contribution in [0.15, 0.2) is 36.5 Å². The Bertz CT molecular complexity index is 766. The maximum absolute atomic E-state index is 6.26. The first-order valence-corrected chi connectivity index (χ1v) is 7.89. The summed E-state index contributed by atoms with van der Waals surface area (Å²) >= 11 is 14.5. The Kier molecular flexibility index (Phi) is 3.88. The first kappa shape index (κ1) is 14.1. The van der Waals surface area contributed by atoms with Crippen molar-refractivity contribution in [3.05, 3.63) is 50.9 Å². The molecule has 2 aromatic heterocycles. The zero-order valence-electron chi connectivity index (χ0n) is 10.5. The van der Waals surface area contributed by atoms with Gasteiger partial charge < -0.3 is 0 Å². The molecule has 0 radical (unpaired) electrons. The van der Waals surface area contributed by atoms with Gasteiger partial charge in [0.2, 0.25) is 0 Å². The van der Waals surface area contributed by atoms with E-state index in [-0.39, 0.29) is 5.38 Å². The van der Waals surface area contributed by atoms with Crippen molar-refractivity contribution in [1.29, 1.82) is 0 Å². The highest BCUT2D eigenvalue weighted by molar-refractivity contribution is 14.1. The molecule has 0 spiro atoms. The van der Waals surface area contributed by atoms with Crippen LogP contribution in [0.4, 0.5) is 0 Å². The van der Waals surface area contributed by atoms with E-state index >= 15 is 0 Å². The van der Waals surface area contributed by atoms with E-state index in [1.807, 2.05) is 35.8 Å². The number of alkyl halides is 1. The van der Waals surface area contributed by atoms with Gasteiger partial charge in [0.05, 0.1) is 10.4 Å². The van der Waals surface area contributed by atoms with Gasteiger partial charge in [-0.2, -0.15) is 0 Å². The molecule has 6 heteroatoms. The standard InChI is InChI=1S/C14H10Cl2IN3/c1-8(15)13-19-12-6-9(16)7-18-14(12)20(13)11-4-2-10(17)3-5-11/h2-8H,1H3. The predicted molar refractivity (Wildman–Crippen MR) is 90.9 cm³/mol. The van der Waals surface area contributed by atoms with Crippen LogP contribution in [0.5, 0.6) is 0 Å². The van der Waals surface area contributed by atoms with Crippen LogP contribution in [0.25, 0.3) is 16.9 Å². The van der Waals surface area contributed by atoms with E-state index in [0.29, 0.717) is 5.02 Å². The van der Waals surface area contributed by atoms with Gasteiger partial charge in [0.25, 0.3) is 0 Å². The summed E-state index contributed by atoms with van der Waals surface area (Å²) in [5, 5.41) is 0.348. The third kappa shape index (κ3) is 2.52. The van der Waals surface area contributed by atoms with Gasteiger partial charge in [-0.05, 0) is 59.8 Å². The Hall–Kier alpha value is -0.850. The van der Waals surface area contributed by atoms with Crippen molar-refractivity contribution >= 4 is 57.0 Å². The van der Waals surface area contributed by atoms with E-state index in [0.717, 1.165) is 22.7 Å². The summed E-state index contributed by atoms with van der Waals surface area (Å²) in [7, 11) is 0. The number of hydrogen-bond acceptors (Lipinski definition) is 2. The fourth-order valence-corrected chi connectivity index (χ4v) is 2.73. The molecule has 0 bridgehead atoms. The number of fused-ring (bicyclic) bond motifs is 1. The summed E-state index contributed by atoms with van der Waals surface area (Å²) < 4.78 is 3.15. The zero-order chi connectivity index (χ0) is 14.3. The van der Waals surface area contributed by atoms with Crippen molar-refractivity contribution in [2.75, 3.05) is 0 Å². The van der Waals surface area contributed by atoms with Gasteiger partial charge >= 0.3 is 0 Å². The molecule has 1 unspecified atom stereocenters. The number of nitrogens with zero attached hydrogens (tertiary/aromatic N) is 3. The molecule has 0 fully saturated rings. The number of aromatic nitrogens is 3. The lowest BCUT2D eigenvalue weighted by Crippen LogP contribution is -2.02. The fourth-order valence-electron chi connectivity index (χ4n) is 2.07. The van der Waals surface area contributed by atoms with Gasteiger partial charge in [-0.25, -0.2) is 9.97 Å². The van der Waals surface area contributed by atoms with Gasteiger partial charge in [0.1, 0.15) is 11.3 Å².